The van der Waals surface area contributed by atoms with Crippen LogP contribution in [-0.4, -0.2) is 39.0 Å². The van der Waals surface area contributed by atoms with Gasteiger partial charge >= 0.3 is 0 Å². The highest BCUT2D eigenvalue weighted by atomic mass is 16.5. The number of ether oxygens (including phenoxy) is 1. The number of aryl methyl sites for hydroxylation is 1. The largest absolute Gasteiger partial charge is 0.378 e. The summed E-state index contributed by atoms with van der Waals surface area (Å²) >= 11 is 0. The Morgan fingerprint density at radius 3 is 2.91 bits per heavy atom. The van der Waals surface area contributed by atoms with Gasteiger partial charge in [-0.1, -0.05) is 0 Å². The maximum absolute atomic E-state index is 12.7. The van der Waals surface area contributed by atoms with Gasteiger partial charge in [-0.3, -0.25) is 9.78 Å². The van der Waals surface area contributed by atoms with Gasteiger partial charge in [-0.2, -0.15) is 0 Å². The molecule has 0 N–H and O–H groups in total. The summed E-state index contributed by atoms with van der Waals surface area (Å²) in [5.74, 6) is 0.915. The molecule has 0 aliphatic carbocycles. The summed E-state index contributed by atoms with van der Waals surface area (Å²) in [5.41, 5.74) is 2.66. The summed E-state index contributed by atoms with van der Waals surface area (Å²) in [4.78, 5) is 23.2. The summed E-state index contributed by atoms with van der Waals surface area (Å²) in [7, 11) is 1.67. The molecule has 2 aromatic heterocycles. The van der Waals surface area contributed by atoms with E-state index >= 15 is 0 Å². The Hall–Kier alpha value is -2.21. The monoisotopic (exact) mass is 300 g/mol. The zero-order valence-corrected chi connectivity index (χ0v) is 13.1. The molecule has 0 unspecified atom stereocenters. The quantitative estimate of drug-likeness (QED) is 0.869. The highest BCUT2D eigenvalue weighted by Gasteiger charge is 2.30. The first-order chi connectivity index (χ1) is 10.6. The molecule has 0 fully saturated rings. The Morgan fingerprint density at radius 1 is 1.36 bits per heavy atom. The van der Waals surface area contributed by atoms with Crippen LogP contribution in [0.25, 0.3) is 0 Å². The van der Waals surface area contributed by atoms with Crippen molar-refractivity contribution in [1.82, 2.24) is 19.4 Å². The van der Waals surface area contributed by atoms with E-state index in [1.54, 1.807) is 19.5 Å². The number of imidazole rings is 1. The molecule has 0 saturated carbocycles. The predicted octanol–water partition coefficient (Wildman–Crippen LogP) is 1.95. The molecule has 0 aromatic carbocycles. The van der Waals surface area contributed by atoms with Gasteiger partial charge in [-0.15, -0.1) is 0 Å². The minimum atomic E-state index is -0.0626. The molecule has 1 aliphatic heterocycles. The molecule has 1 atom stereocenters. The second-order valence-corrected chi connectivity index (χ2v) is 5.62. The molecule has 0 saturated heterocycles. The number of fused-ring (bicyclic) bond motifs is 1. The van der Waals surface area contributed by atoms with Crippen LogP contribution in [0.5, 0.6) is 0 Å². The number of amides is 1. The number of hydrogen-bond acceptors (Lipinski definition) is 4. The van der Waals surface area contributed by atoms with Crippen molar-refractivity contribution in [3.05, 3.63) is 47.3 Å². The molecular weight excluding hydrogens is 280 g/mol. The highest BCUT2D eigenvalue weighted by Crippen LogP contribution is 2.27. The number of carbonyl (C=O) groups is 1. The average molecular weight is 300 g/mol. The van der Waals surface area contributed by atoms with Crippen molar-refractivity contribution in [2.24, 2.45) is 0 Å². The third kappa shape index (κ3) is 2.50. The van der Waals surface area contributed by atoms with E-state index in [0.29, 0.717) is 18.7 Å². The van der Waals surface area contributed by atoms with E-state index in [2.05, 4.69) is 14.5 Å². The zero-order chi connectivity index (χ0) is 15.7. The Balaban J connectivity index is 1.86. The SMILES string of the molecule is COCc1cnc2n1CCN(C(=O)c1cncc(C)c1)[C@@H]2C. The van der Waals surface area contributed by atoms with Crippen LogP contribution >= 0.6 is 0 Å². The molecule has 3 rings (SSSR count). The van der Waals surface area contributed by atoms with Gasteiger partial charge < -0.3 is 14.2 Å². The molecule has 116 valence electrons. The maximum Gasteiger partial charge on any atom is 0.256 e. The van der Waals surface area contributed by atoms with E-state index in [1.165, 1.54) is 0 Å². The standard InChI is InChI=1S/C16H20N4O2/c1-11-6-13(8-17-7-11)16(21)19-4-5-20-14(10-22-3)9-18-15(20)12(19)2/h6-9,12H,4-5,10H2,1-3H3/t12-/m1/s1. The minimum absolute atomic E-state index is 0.00578. The van der Waals surface area contributed by atoms with Crippen molar-refractivity contribution in [2.45, 2.75) is 33.0 Å². The second-order valence-electron chi connectivity index (χ2n) is 5.62. The van der Waals surface area contributed by atoms with Crippen LogP contribution in [0.2, 0.25) is 0 Å². The first-order valence-corrected chi connectivity index (χ1v) is 7.37. The van der Waals surface area contributed by atoms with Gasteiger partial charge in [0.2, 0.25) is 0 Å². The Bertz CT molecular complexity index is 695. The number of carbonyl (C=O) groups excluding carboxylic acids is 1. The molecule has 0 radical (unpaired) electrons. The van der Waals surface area contributed by atoms with Crippen molar-refractivity contribution < 1.29 is 9.53 Å². The number of methoxy groups -OCH3 is 1. The molecule has 2 aromatic rings. The third-order valence-electron chi connectivity index (χ3n) is 4.05. The number of pyridine rings is 1. The van der Waals surface area contributed by atoms with Gasteiger partial charge in [0, 0.05) is 32.6 Å². The molecule has 1 aliphatic rings. The van der Waals surface area contributed by atoms with Crippen LogP contribution in [0.3, 0.4) is 0 Å². The number of nitrogens with zero attached hydrogens (tertiary/aromatic N) is 4. The number of rotatable bonds is 3. The molecule has 6 heteroatoms. The van der Waals surface area contributed by atoms with Crippen LogP contribution in [0, 0.1) is 6.92 Å². The smallest absolute Gasteiger partial charge is 0.256 e. The van der Waals surface area contributed by atoms with Crippen molar-refractivity contribution in [2.75, 3.05) is 13.7 Å². The Morgan fingerprint density at radius 2 is 2.18 bits per heavy atom. The zero-order valence-electron chi connectivity index (χ0n) is 13.1. The van der Waals surface area contributed by atoms with Gasteiger partial charge in [-0.05, 0) is 25.5 Å². The van der Waals surface area contributed by atoms with Gasteiger partial charge in [-0.25, -0.2) is 4.98 Å². The lowest BCUT2D eigenvalue weighted by atomic mass is 10.1. The lowest BCUT2D eigenvalue weighted by molar-refractivity contribution is 0.0632. The first-order valence-electron chi connectivity index (χ1n) is 7.37. The van der Waals surface area contributed by atoms with Gasteiger partial charge in [0.15, 0.2) is 0 Å². The lowest BCUT2D eigenvalue weighted by Crippen LogP contribution is -2.41. The van der Waals surface area contributed by atoms with E-state index in [0.717, 1.165) is 23.6 Å². The molecule has 3 heterocycles. The fourth-order valence-electron chi connectivity index (χ4n) is 2.94. The maximum atomic E-state index is 12.7. The van der Waals surface area contributed by atoms with Crippen LogP contribution in [0.1, 0.15) is 40.4 Å². The van der Waals surface area contributed by atoms with E-state index in [-0.39, 0.29) is 11.9 Å². The fraction of sp³-hybridized carbons (Fsp3) is 0.438. The van der Waals surface area contributed by atoms with E-state index in [4.69, 9.17) is 4.74 Å². The van der Waals surface area contributed by atoms with Gasteiger partial charge in [0.1, 0.15) is 5.82 Å². The molecule has 22 heavy (non-hydrogen) atoms. The van der Waals surface area contributed by atoms with Crippen molar-refractivity contribution >= 4 is 5.91 Å². The van der Waals surface area contributed by atoms with Crippen LogP contribution in [0.4, 0.5) is 0 Å². The molecule has 6 nitrogen and oxygen atoms in total. The summed E-state index contributed by atoms with van der Waals surface area (Å²) in [5, 5.41) is 0. The van der Waals surface area contributed by atoms with Gasteiger partial charge in [0.25, 0.3) is 5.91 Å². The minimum Gasteiger partial charge on any atom is -0.378 e. The number of hydrogen-bond donors (Lipinski definition) is 0. The van der Waals surface area contributed by atoms with Crippen LogP contribution < -0.4 is 0 Å². The molecular formula is C16H20N4O2. The van der Waals surface area contributed by atoms with E-state index < -0.39 is 0 Å². The van der Waals surface area contributed by atoms with Crippen molar-refractivity contribution in [3.8, 4) is 0 Å². The Labute approximate surface area is 129 Å². The van der Waals surface area contributed by atoms with E-state index in [1.807, 2.05) is 31.0 Å². The lowest BCUT2D eigenvalue weighted by Gasteiger charge is -2.34. The predicted molar refractivity (Wildman–Crippen MR) is 81.4 cm³/mol. The van der Waals surface area contributed by atoms with Gasteiger partial charge in [0.05, 0.1) is 30.1 Å². The molecule has 0 bridgehead atoms. The normalized spacial score (nSPS) is 17.4. The summed E-state index contributed by atoms with van der Waals surface area (Å²) in [6.45, 7) is 5.88. The molecule has 0 spiro atoms. The Kier molecular flexibility index (Phi) is 3.94. The fourth-order valence-corrected chi connectivity index (χ4v) is 2.94. The molecule has 1 amide bonds. The van der Waals surface area contributed by atoms with Crippen LogP contribution in [0.15, 0.2) is 24.7 Å². The summed E-state index contributed by atoms with van der Waals surface area (Å²) in [6.07, 6.45) is 5.21. The van der Waals surface area contributed by atoms with Crippen molar-refractivity contribution in [1.29, 1.82) is 0 Å². The third-order valence-corrected chi connectivity index (χ3v) is 4.05. The first kappa shape index (κ1) is 14.7. The number of aromatic nitrogens is 3. The average Bonchev–Trinajstić information content (AvgIpc) is 2.92. The topological polar surface area (TPSA) is 60.2 Å². The highest BCUT2D eigenvalue weighted by molar-refractivity contribution is 5.94. The summed E-state index contributed by atoms with van der Waals surface area (Å²) < 4.78 is 7.34. The van der Waals surface area contributed by atoms with E-state index in [9.17, 15) is 4.79 Å². The second kappa shape index (κ2) is 5.88. The van der Waals surface area contributed by atoms with Crippen molar-refractivity contribution in [3.63, 3.8) is 0 Å². The summed E-state index contributed by atoms with van der Waals surface area (Å²) in [6, 6.07) is 1.81. The van der Waals surface area contributed by atoms with Crippen LogP contribution in [-0.2, 0) is 17.9 Å².